The van der Waals surface area contributed by atoms with Crippen LogP contribution in [-0.4, -0.2) is 50.8 Å². The van der Waals surface area contributed by atoms with Crippen LogP contribution in [0.5, 0.6) is 11.6 Å². The number of hydrogen-bond donors (Lipinski definition) is 1. The number of methoxy groups -OCH3 is 1. The molecule has 184 valence electrons. The Labute approximate surface area is 216 Å². The van der Waals surface area contributed by atoms with Gasteiger partial charge in [0.2, 0.25) is 5.88 Å². The molecule has 9 nitrogen and oxygen atoms in total. The van der Waals surface area contributed by atoms with Gasteiger partial charge in [-0.15, -0.1) is 11.3 Å². The molecule has 0 bridgehead atoms. The van der Waals surface area contributed by atoms with E-state index < -0.39 is 11.9 Å². The molecule has 3 heterocycles. The first-order valence-corrected chi connectivity index (χ1v) is 12.5. The summed E-state index contributed by atoms with van der Waals surface area (Å²) in [7, 11) is 1.52. The average Bonchev–Trinajstić information content (AvgIpc) is 3.54. The lowest BCUT2D eigenvalue weighted by atomic mass is 10.1. The zero-order valence-corrected chi connectivity index (χ0v) is 21.2. The van der Waals surface area contributed by atoms with Crippen LogP contribution in [0, 0.1) is 12.7 Å². The number of anilines is 1. The minimum absolute atomic E-state index is 0.0159. The number of carboxylic acid groups (broad SMARTS) is 1. The largest absolute Gasteiger partial charge is 0.489 e. The third kappa shape index (κ3) is 4.50. The lowest BCUT2D eigenvalue weighted by molar-refractivity contribution is 0.199. The van der Waals surface area contributed by atoms with Crippen molar-refractivity contribution < 1.29 is 23.8 Å². The van der Waals surface area contributed by atoms with E-state index in [0.29, 0.717) is 37.1 Å². The van der Waals surface area contributed by atoms with E-state index in [1.165, 1.54) is 36.9 Å². The fraction of sp³-hybridized carbons (Fsp3) is 0.174. The second-order valence-corrected chi connectivity index (χ2v) is 9.81. The van der Waals surface area contributed by atoms with Crippen LogP contribution in [0.25, 0.3) is 31.8 Å². The molecule has 5 aromatic rings. The van der Waals surface area contributed by atoms with Gasteiger partial charge >= 0.3 is 6.09 Å². The molecule has 2 aromatic carbocycles. The number of benzene rings is 2. The molecular weight excluding hydrogens is 529 g/mol. The summed E-state index contributed by atoms with van der Waals surface area (Å²) in [5, 5.41) is 10.3. The first-order valence-electron chi connectivity index (χ1n) is 10.5. The predicted octanol–water partition coefficient (Wildman–Crippen LogP) is 6.04. The van der Waals surface area contributed by atoms with Gasteiger partial charge in [-0.2, -0.15) is 4.37 Å². The first kappa shape index (κ1) is 24.1. The summed E-state index contributed by atoms with van der Waals surface area (Å²) in [6, 6.07) is 6.93. The molecule has 0 fully saturated rings. The zero-order chi connectivity index (χ0) is 25.4. The third-order valence-electron chi connectivity index (χ3n) is 5.23. The number of amides is 1. The lowest BCUT2D eigenvalue weighted by Crippen LogP contribution is -2.32. The van der Waals surface area contributed by atoms with Gasteiger partial charge in [0.15, 0.2) is 11.6 Å². The van der Waals surface area contributed by atoms with Crippen LogP contribution < -0.4 is 14.4 Å². The van der Waals surface area contributed by atoms with Gasteiger partial charge in [0.25, 0.3) is 0 Å². The predicted molar refractivity (Wildman–Crippen MR) is 137 cm³/mol. The quantitative estimate of drug-likeness (QED) is 0.264. The van der Waals surface area contributed by atoms with Gasteiger partial charge in [0.05, 0.1) is 35.6 Å². The van der Waals surface area contributed by atoms with Crippen molar-refractivity contribution >= 4 is 66.8 Å². The van der Waals surface area contributed by atoms with E-state index in [0.717, 1.165) is 27.6 Å². The van der Waals surface area contributed by atoms with Crippen molar-refractivity contribution in [2.24, 2.45) is 0 Å². The Morgan fingerprint density at radius 2 is 2.08 bits per heavy atom. The van der Waals surface area contributed by atoms with Crippen LogP contribution in [0.1, 0.15) is 5.56 Å². The molecule has 0 atom stereocenters. The van der Waals surface area contributed by atoms with Crippen LogP contribution in [0.3, 0.4) is 0 Å². The van der Waals surface area contributed by atoms with E-state index in [4.69, 9.17) is 21.1 Å². The standard InChI is InChI=1S/C23H17ClFN5O4S2/c1-11-7-12(20-13(8-11)28-16(33-2)10-26-20)22-29-21-15(35-22)9-14(19(25)18(21)24)34-6-5-30(23(31)32)17-3-4-27-36-17/h3-4,7-10H,5-6H2,1-2H3,(H,31,32). The number of carbonyl (C=O) groups is 1. The van der Waals surface area contributed by atoms with Crippen molar-refractivity contribution in [3.05, 3.63) is 53.1 Å². The maximum absolute atomic E-state index is 15.0. The maximum atomic E-state index is 15.0. The second-order valence-electron chi connectivity index (χ2n) is 7.59. The molecule has 0 saturated heterocycles. The van der Waals surface area contributed by atoms with E-state index in [1.807, 2.05) is 19.1 Å². The highest BCUT2D eigenvalue weighted by Gasteiger charge is 2.21. The number of aromatic nitrogens is 4. The van der Waals surface area contributed by atoms with E-state index in [1.54, 1.807) is 6.07 Å². The molecule has 0 aliphatic carbocycles. The van der Waals surface area contributed by atoms with Crippen molar-refractivity contribution in [3.63, 3.8) is 0 Å². The maximum Gasteiger partial charge on any atom is 0.412 e. The summed E-state index contributed by atoms with van der Waals surface area (Å²) < 4.78 is 30.3. The molecule has 0 saturated carbocycles. The minimum Gasteiger partial charge on any atom is -0.489 e. The highest BCUT2D eigenvalue weighted by atomic mass is 35.5. The molecule has 3 aromatic heterocycles. The van der Waals surface area contributed by atoms with Crippen LogP contribution in [0.4, 0.5) is 14.2 Å². The molecule has 0 radical (unpaired) electrons. The normalized spacial score (nSPS) is 11.2. The number of hydrogen-bond acceptors (Lipinski definition) is 9. The van der Waals surface area contributed by atoms with E-state index in [-0.39, 0.29) is 23.9 Å². The molecule has 5 rings (SSSR count). The smallest absolute Gasteiger partial charge is 0.412 e. The molecule has 36 heavy (non-hydrogen) atoms. The Balaban J connectivity index is 1.47. The van der Waals surface area contributed by atoms with E-state index in [9.17, 15) is 9.90 Å². The Morgan fingerprint density at radius 3 is 2.81 bits per heavy atom. The van der Waals surface area contributed by atoms with Crippen molar-refractivity contribution in [2.45, 2.75) is 6.92 Å². The zero-order valence-electron chi connectivity index (χ0n) is 18.9. The van der Waals surface area contributed by atoms with Crippen molar-refractivity contribution in [1.29, 1.82) is 0 Å². The SMILES string of the molecule is COc1cnc2c(-c3nc4c(Cl)c(F)c(OCCN(C(=O)O)c5ccns5)cc4s3)cc(C)cc2n1. The van der Waals surface area contributed by atoms with Gasteiger partial charge < -0.3 is 14.6 Å². The van der Waals surface area contributed by atoms with Crippen molar-refractivity contribution in [3.8, 4) is 22.2 Å². The topological polar surface area (TPSA) is 111 Å². The number of halogens is 2. The second kappa shape index (κ2) is 9.80. The highest BCUT2D eigenvalue weighted by molar-refractivity contribution is 7.21. The monoisotopic (exact) mass is 545 g/mol. The number of nitrogens with zero attached hydrogens (tertiary/aromatic N) is 5. The Kier molecular flexibility index (Phi) is 6.56. The molecule has 0 spiro atoms. The van der Waals surface area contributed by atoms with Crippen LogP contribution in [0.2, 0.25) is 5.02 Å². The van der Waals surface area contributed by atoms with Gasteiger partial charge in [-0.1, -0.05) is 11.6 Å². The molecule has 0 aliphatic rings. The third-order valence-corrected chi connectivity index (χ3v) is 7.39. The Bertz CT molecular complexity index is 1600. The Hall–Kier alpha value is -3.61. The molecule has 1 N–H and O–H groups in total. The number of rotatable bonds is 7. The fourth-order valence-corrected chi connectivity index (χ4v) is 5.54. The summed E-state index contributed by atoms with van der Waals surface area (Å²) in [4.78, 5) is 26.2. The molecule has 0 unspecified atom stereocenters. The van der Waals surface area contributed by atoms with Crippen LogP contribution >= 0.6 is 34.5 Å². The highest BCUT2D eigenvalue weighted by Crippen LogP contribution is 2.40. The van der Waals surface area contributed by atoms with Crippen molar-refractivity contribution in [1.82, 2.24) is 19.3 Å². The van der Waals surface area contributed by atoms with Gasteiger partial charge in [-0.25, -0.2) is 24.1 Å². The average molecular weight is 546 g/mol. The van der Waals surface area contributed by atoms with Crippen molar-refractivity contribution in [2.75, 3.05) is 25.2 Å². The molecule has 1 amide bonds. The first-order chi connectivity index (χ1) is 17.4. The number of fused-ring (bicyclic) bond motifs is 2. The summed E-state index contributed by atoms with van der Waals surface area (Å²) in [6.07, 6.45) is 1.88. The molecule has 0 aliphatic heterocycles. The summed E-state index contributed by atoms with van der Waals surface area (Å²) in [5.41, 5.74) is 3.26. The summed E-state index contributed by atoms with van der Waals surface area (Å²) >= 11 is 8.68. The lowest BCUT2D eigenvalue weighted by Gasteiger charge is -2.17. The number of ether oxygens (including phenoxy) is 2. The molecule has 13 heteroatoms. The molecular formula is C23H17ClFN5O4S2. The van der Waals surface area contributed by atoms with Gasteiger partial charge in [-0.05, 0) is 42.2 Å². The summed E-state index contributed by atoms with van der Waals surface area (Å²) in [6.45, 7) is 1.83. The van der Waals surface area contributed by atoms with Crippen LogP contribution in [-0.2, 0) is 0 Å². The summed E-state index contributed by atoms with van der Waals surface area (Å²) in [5.74, 6) is -0.456. The van der Waals surface area contributed by atoms with Gasteiger partial charge in [0.1, 0.15) is 27.2 Å². The Morgan fingerprint density at radius 1 is 1.25 bits per heavy atom. The van der Waals surface area contributed by atoms with E-state index >= 15 is 4.39 Å². The van der Waals surface area contributed by atoms with Gasteiger partial charge in [0, 0.05) is 17.8 Å². The van der Waals surface area contributed by atoms with Gasteiger partial charge in [-0.3, -0.25) is 4.90 Å². The number of aryl methyl sites for hydroxylation is 1. The van der Waals surface area contributed by atoms with E-state index in [2.05, 4.69) is 19.3 Å². The number of thiazole rings is 1. The fourth-order valence-electron chi connectivity index (χ4n) is 3.61. The van der Waals surface area contributed by atoms with Crippen LogP contribution in [0.15, 0.2) is 36.7 Å². The minimum atomic E-state index is -1.16.